The van der Waals surface area contributed by atoms with Gasteiger partial charge >= 0.3 is 0 Å². The number of benzene rings is 1. The van der Waals surface area contributed by atoms with Gasteiger partial charge in [0.05, 0.1) is 23.1 Å². The smallest absolute Gasteiger partial charge is 0.202 e. The zero-order valence-electron chi connectivity index (χ0n) is 14.7. The van der Waals surface area contributed by atoms with Gasteiger partial charge in [0.1, 0.15) is 5.75 Å². The van der Waals surface area contributed by atoms with E-state index in [-0.39, 0.29) is 29.9 Å². The van der Waals surface area contributed by atoms with E-state index in [0.717, 1.165) is 11.4 Å². The van der Waals surface area contributed by atoms with Crippen LogP contribution in [-0.2, 0) is 9.84 Å². The van der Waals surface area contributed by atoms with E-state index in [1.54, 1.807) is 30.3 Å². The average Bonchev–Trinajstić information content (AvgIpc) is 3.11. The standard InChI is InChI=1S/C19H20N2O4S/c1-13-9-18(14(2)21(13)16-7-8-26(23,24)12-16)19(22)11-25-17-5-3-15(10-20)4-6-17/h3-6,9,16H,7-8,11-12H2,1-2H3. The number of hydrogen-bond donors (Lipinski definition) is 0. The zero-order chi connectivity index (χ0) is 18.9. The van der Waals surface area contributed by atoms with Crippen molar-refractivity contribution in [3.63, 3.8) is 0 Å². The summed E-state index contributed by atoms with van der Waals surface area (Å²) in [7, 11) is -2.99. The number of hydrogen-bond acceptors (Lipinski definition) is 5. The maximum atomic E-state index is 12.6. The highest BCUT2D eigenvalue weighted by Crippen LogP contribution is 2.29. The number of carbonyl (C=O) groups is 1. The highest BCUT2D eigenvalue weighted by molar-refractivity contribution is 7.91. The average molecular weight is 372 g/mol. The minimum absolute atomic E-state index is 0.110. The molecular formula is C19H20N2O4S. The second kappa shape index (κ2) is 6.96. The van der Waals surface area contributed by atoms with Crippen LogP contribution in [0.15, 0.2) is 30.3 Å². The molecule has 1 atom stereocenters. The number of nitrogens with zero attached hydrogens (tertiary/aromatic N) is 2. The van der Waals surface area contributed by atoms with Gasteiger partial charge < -0.3 is 9.30 Å². The van der Waals surface area contributed by atoms with E-state index in [2.05, 4.69) is 0 Å². The van der Waals surface area contributed by atoms with Crippen LogP contribution in [0.1, 0.15) is 39.8 Å². The molecule has 1 saturated heterocycles. The fraction of sp³-hybridized carbons (Fsp3) is 0.368. The molecule has 26 heavy (non-hydrogen) atoms. The van der Waals surface area contributed by atoms with Crippen molar-refractivity contribution < 1.29 is 17.9 Å². The Bertz CT molecular complexity index is 982. The molecule has 0 aliphatic carbocycles. The van der Waals surface area contributed by atoms with E-state index in [9.17, 15) is 13.2 Å². The van der Waals surface area contributed by atoms with Crippen molar-refractivity contribution in [3.8, 4) is 11.8 Å². The predicted molar refractivity (Wildman–Crippen MR) is 97.2 cm³/mol. The normalized spacial score (nSPS) is 18.4. The second-order valence-electron chi connectivity index (χ2n) is 6.56. The van der Waals surface area contributed by atoms with Gasteiger partial charge in [-0.1, -0.05) is 0 Å². The minimum atomic E-state index is -2.99. The SMILES string of the molecule is Cc1cc(C(=O)COc2ccc(C#N)cc2)c(C)n1C1CCS(=O)(=O)C1. The van der Waals surface area contributed by atoms with E-state index in [4.69, 9.17) is 10.00 Å². The lowest BCUT2D eigenvalue weighted by Gasteiger charge is -2.16. The van der Waals surface area contributed by atoms with E-state index in [0.29, 0.717) is 23.3 Å². The van der Waals surface area contributed by atoms with E-state index in [1.807, 2.05) is 24.5 Å². The molecule has 0 N–H and O–H groups in total. The third kappa shape index (κ3) is 3.65. The summed E-state index contributed by atoms with van der Waals surface area (Å²) in [5, 5.41) is 8.79. The van der Waals surface area contributed by atoms with Crippen LogP contribution in [0.4, 0.5) is 0 Å². The molecule has 0 bridgehead atoms. The van der Waals surface area contributed by atoms with Crippen molar-refractivity contribution in [2.45, 2.75) is 26.3 Å². The Morgan fingerprint density at radius 3 is 2.58 bits per heavy atom. The number of carbonyl (C=O) groups excluding carboxylic acids is 1. The first kappa shape index (κ1) is 18.2. The highest BCUT2D eigenvalue weighted by Gasteiger charge is 2.31. The van der Waals surface area contributed by atoms with Crippen LogP contribution in [0.3, 0.4) is 0 Å². The molecule has 7 heteroatoms. The molecule has 0 spiro atoms. The molecule has 2 heterocycles. The van der Waals surface area contributed by atoms with Crippen LogP contribution in [-0.4, -0.2) is 36.9 Å². The molecule has 1 aliphatic rings. The third-order valence-electron chi connectivity index (χ3n) is 4.71. The van der Waals surface area contributed by atoms with Crippen molar-refractivity contribution in [3.05, 3.63) is 52.8 Å². The first-order valence-corrected chi connectivity index (χ1v) is 10.2. The Kier molecular flexibility index (Phi) is 4.88. The number of nitriles is 1. The molecule has 0 amide bonds. The summed E-state index contributed by atoms with van der Waals surface area (Å²) in [6.07, 6.45) is 0.577. The largest absolute Gasteiger partial charge is 0.485 e. The monoisotopic (exact) mass is 372 g/mol. The topological polar surface area (TPSA) is 89.2 Å². The third-order valence-corrected chi connectivity index (χ3v) is 6.46. The second-order valence-corrected chi connectivity index (χ2v) is 8.79. The Hall–Kier alpha value is -2.59. The lowest BCUT2D eigenvalue weighted by atomic mass is 10.1. The van der Waals surface area contributed by atoms with Crippen molar-refractivity contribution in [1.82, 2.24) is 4.57 Å². The van der Waals surface area contributed by atoms with Gasteiger partial charge in [-0.05, 0) is 50.6 Å². The first-order valence-electron chi connectivity index (χ1n) is 8.36. The number of aryl methyl sites for hydroxylation is 1. The summed E-state index contributed by atoms with van der Waals surface area (Å²) in [4.78, 5) is 12.6. The molecule has 1 unspecified atom stereocenters. The molecule has 1 aromatic heterocycles. The van der Waals surface area contributed by atoms with Crippen LogP contribution < -0.4 is 4.74 Å². The molecule has 2 aromatic rings. The summed E-state index contributed by atoms with van der Waals surface area (Å²) in [6.45, 7) is 3.61. The fourth-order valence-corrected chi connectivity index (χ4v) is 5.15. The zero-order valence-corrected chi connectivity index (χ0v) is 15.5. The number of ketones is 1. The van der Waals surface area contributed by atoms with Crippen LogP contribution in [0, 0.1) is 25.2 Å². The molecule has 0 saturated carbocycles. The van der Waals surface area contributed by atoms with Gasteiger partial charge in [-0.3, -0.25) is 4.79 Å². The molecule has 1 aliphatic heterocycles. The van der Waals surface area contributed by atoms with E-state index >= 15 is 0 Å². The lowest BCUT2D eigenvalue weighted by Crippen LogP contribution is -2.16. The molecule has 3 rings (SSSR count). The highest BCUT2D eigenvalue weighted by atomic mass is 32.2. The lowest BCUT2D eigenvalue weighted by molar-refractivity contribution is 0.0920. The minimum Gasteiger partial charge on any atom is -0.485 e. The van der Waals surface area contributed by atoms with Crippen LogP contribution in [0.2, 0.25) is 0 Å². The van der Waals surface area contributed by atoms with Gasteiger partial charge in [0, 0.05) is 23.0 Å². The van der Waals surface area contributed by atoms with E-state index < -0.39 is 9.84 Å². The van der Waals surface area contributed by atoms with Crippen molar-refractivity contribution in [1.29, 1.82) is 5.26 Å². The molecular weight excluding hydrogens is 352 g/mol. The quantitative estimate of drug-likeness (QED) is 0.753. The molecule has 0 radical (unpaired) electrons. The number of ether oxygens (including phenoxy) is 1. The van der Waals surface area contributed by atoms with Gasteiger partial charge in [-0.2, -0.15) is 5.26 Å². The fourth-order valence-electron chi connectivity index (χ4n) is 3.45. The summed E-state index contributed by atoms with van der Waals surface area (Å²) in [5.41, 5.74) is 2.74. The van der Waals surface area contributed by atoms with Crippen LogP contribution in [0.5, 0.6) is 5.75 Å². The molecule has 1 aromatic carbocycles. The Labute approximate surface area is 152 Å². The van der Waals surface area contributed by atoms with Crippen LogP contribution in [0.25, 0.3) is 0 Å². The number of sulfone groups is 1. The predicted octanol–water partition coefficient (Wildman–Crippen LogP) is 2.60. The van der Waals surface area contributed by atoms with E-state index in [1.165, 1.54) is 0 Å². The Morgan fingerprint density at radius 1 is 1.31 bits per heavy atom. The van der Waals surface area contributed by atoms with Crippen molar-refractivity contribution in [2.24, 2.45) is 0 Å². The first-order chi connectivity index (χ1) is 12.3. The van der Waals surface area contributed by atoms with Gasteiger partial charge in [0.15, 0.2) is 16.4 Å². The Morgan fingerprint density at radius 2 is 2.00 bits per heavy atom. The summed E-state index contributed by atoms with van der Waals surface area (Å²) < 4.78 is 31.0. The number of rotatable bonds is 5. The van der Waals surface area contributed by atoms with Crippen molar-refractivity contribution >= 4 is 15.6 Å². The van der Waals surface area contributed by atoms with Gasteiger partial charge in [0.2, 0.25) is 5.78 Å². The van der Waals surface area contributed by atoms with Crippen LogP contribution >= 0.6 is 0 Å². The maximum Gasteiger partial charge on any atom is 0.202 e. The Balaban J connectivity index is 1.74. The van der Waals surface area contributed by atoms with Gasteiger partial charge in [0.25, 0.3) is 0 Å². The van der Waals surface area contributed by atoms with Gasteiger partial charge in [-0.15, -0.1) is 0 Å². The van der Waals surface area contributed by atoms with Gasteiger partial charge in [-0.25, -0.2) is 8.42 Å². The number of Topliss-reactive ketones (excluding diaryl/α,β-unsaturated/α-hetero) is 1. The maximum absolute atomic E-state index is 12.6. The summed E-state index contributed by atoms with van der Waals surface area (Å²) in [5.74, 6) is 0.682. The van der Waals surface area contributed by atoms with Crippen molar-refractivity contribution in [2.75, 3.05) is 18.1 Å². The summed E-state index contributed by atoms with van der Waals surface area (Å²) in [6, 6.07) is 10.3. The molecule has 136 valence electrons. The molecule has 1 fully saturated rings. The number of aromatic nitrogens is 1. The molecule has 6 nitrogen and oxygen atoms in total. The summed E-state index contributed by atoms with van der Waals surface area (Å²) >= 11 is 0.